The van der Waals surface area contributed by atoms with Gasteiger partial charge in [0, 0.05) is 6.08 Å². The summed E-state index contributed by atoms with van der Waals surface area (Å²) in [6, 6.07) is 10.4. The quantitative estimate of drug-likeness (QED) is 0.631. The molecule has 0 saturated carbocycles. The van der Waals surface area contributed by atoms with Gasteiger partial charge in [0.1, 0.15) is 5.75 Å². The highest BCUT2D eigenvalue weighted by Crippen LogP contribution is 2.38. The van der Waals surface area contributed by atoms with Crippen LogP contribution >= 0.6 is 0 Å². The van der Waals surface area contributed by atoms with Gasteiger partial charge in [-0.1, -0.05) is 18.2 Å². The smallest absolute Gasteiger partial charge is 0.254 e. The van der Waals surface area contributed by atoms with Crippen molar-refractivity contribution < 1.29 is 28.5 Å². The van der Waals surface area contributed by atoms with Crippen LogP contribution < -0.4 is 18.9 Å². The molecule has 7 nitrogen and oxygen atoms in total. The average Bonchev–Trinajstić information content (AvgIpc) is 2.81. The molecule has 1 unspecified atom stereocenters. The highest BCUT2D eigenvalue weighted by molar-refractivity contribution is 6.07. The predicted octanol–water partition coefficient (Wildman–Crippen LogP) is 3.79. The SMILES string of the molecule is COc1ccc(C2CC=CC(=O)N2C(=O)/C=C/c2cc(OC)c(OC)c(OC)c2)cc1. The highest BCUT2D eigenvalue weighted by atomic mass is 16.5. The number of carbonyl (C=O) groups is 2. The van der Waals surface area contributed by atoms with Crippen LogP contribution in [0.3, 0.4) is 0 Å². The predicted molar refractivity (Wildman–Crippen MR) is 116 cm³/mol. The molecule has 3 rings (SSSR count). The molecule has 0 aliphatic carbocycles. The Labute approximate surface area is 181 Å². The van der Waals surface area contributed by atoms with Gasteiger partial charge in [-0.25, -0.2) is 0 Å². The molecule has 2 aromatic carbocycles. The second kappa shape index (κ2) is 9.84. The maximum atomic E-state index is 13.0. The molecule has 31 heavy (non-hydrogen) atoms. The molecule has 0 saturated heterocycles. The third-order valence-corrected chi connectivity index (χ3v) is 5.01. The molecule has 1 aliphatic rings. The third-order valence-electron chi connectivity index (χ3n) is 5.01. The molecule has 0 fully saturated rings. The Morgan fingerprint density at radius 1 is 0.968 bits per heavy atom. The van der Waals surface area contributed by atoms with Crippen molar-refractivity contribution in [3.05, 3.63) is 65.8 Å². The maximum Gasteiger partial charge on any atom is 0.254 e. The first kappa shape index (κ1) is 22.0. The van der Waals surface area contributed by atoms with E-state index in [1.165, 1.54) is 38.4 Å². The van der Waals surface area contributed by atoms with Crippen LogP contribution in [0.15, 0.2) is 54.6 Å². The Morgan fingerprint density at radius 3 is 2.16 bits per heavy atom. The van der Waals surface area contributed by atoms with E-state index in [-0.39, 0.29) is 11.9 Å². The van der Waals surface area contributed by atoms with Crippen molar-refractivity contribution in [2.24, 2.45) is 0 Å². The van der Waals surface area contributed by atoms with Crippen LogP contribution in [0.5, 0.6) is 23.0 Å². The third kappa shape index (κ3) is 4.71. The van der Waals surface area contributed by atoms with Crippen LogP contribution in [-0.2, 0) is 9.59 Å². The summed E-state index contributed by atoms with van der Waals surface area (Å²) in [6.45, 7) is 0. The van der Waals surface area contributed by atoms with Crippen molar-refractivity contribution in [3.63, 3.8) is 0 Å². The number of imide groups is 1. The zero-order valence-electron chi connectivity index (χ0n) is 18.0. The molecule has 7 heteroatoms. The van der Waals surface area contributed by atoms with Gasteiger partial charge in [0.2, 0.25) is 5.75 Å². The normalized spacial score (nSPS) is 15.8. The summed E-state index contributed by atoms with van der Waals surface area (Å²) in [5, 5.41) is 0. The van der Waals surface area contributed by atoms with Crippen molar-refractivity contribution >= 4 is 17.9 Å². The van der Waals surface area contributed by atoms with E-state index in [1.54, 1.807) is 31.4 Å². The van der Waals surface area contributed by atoms with Crippen LogP contribution in [0.2, 0.25) is 0 Å². The lowest BCUT2D eigenvalue weighted by Crippen LogP contribution is -2.39. The molecule has 1 atom stereocenters. The van der Waals surface area contributed by atoms with Gasteiger partial charge < -0.3 is 18.9 Å². The molecular weight excluding hydrogens is 398 g/mol. The van der Waals surface area contributed by atoms with E-state index < -0.39 is 5.91 Å². The van der Waals surface area contributed by atoms with Gasteiger partial charge in [-0.3, -0.25) is 14.5 Å². The molecule has 0 radical (unpaired) electrons. The molecule has 0 spiro atoms. The number of ether oxygens (including phenoxy) is 4. The standard InChI is InChI=1S/C24H25NO6/c1-28-18-11-9-17(10-12-18)19-6-5-7-22(26)25(19)23(27)13-8-16-14-20(29-2)24(31-4)21(15-16)30-3/h5,7-15,19H,6H2,1-4H3/b13-8+. The van der Waals surface area contributed by atoms with Gasteiger partial charge in [0.15, 0.2) is 11.5 Å². The number of methoxy groups -OCH3 is 4. The van der Waals surface area contributed by atoms with Crippen LogP contribution in [0.4, 0.5) is 0 Å². The van der Waals surface area contributed by atoms with Gasteiger partial charge in [-0.2, -0.15) is 0 Å². The highest BCUT2D eigenvalue weighted by Gasteiger charge is 2.30. The first-order chi connectivity index (χ1) is 15.0. The molecule has 2 amide bonds. The van der Waals surface area contributed by atoms with E-state index in [0.29, 0.717) is 35.0 Å². The zero-order chi connectivity index (χ0) is 22.4. The minimum Gasteiger partial charge on any atom is -0.497 e. The van der Waals surface area contributed by atoms with Gasteiger partial charge in [-0.15, -0.1) is 0 Å². The molecule has 0 bridgehead atoms. The number of amides is 2. The molecule has 162 valence electrons. The van der Waals surface area contributed by atoms with Crippen LogP contribution in [-0.4, -0.2) is 45.2 Å². The first-order valence-electron chi connectivity index (χ1n) is 9.68. The van der Waals surface area contributed by atoms with Crippen molar-refractivity contribution in [1.82, 2.24) is 4.90 Å². The fraction of sp³-hybridized carbons (Fsp3) is 0.250. The summed E-state index contributed by atoms with van der Waals surface area (Å²) >= 11 is 0. The number of rotatable bonds is 7. The summed E-state index contributed by atoms with van der Waals surface area (Å²) in [5.41, 5.74) is 1.52. The van der Waals surface area contributed by atoms with Gasteiger partial charge in [-0.05, 0) is 54.0 Å². The average molecular weight is 423 g/mol. The van der Waals surface area contributed by atoms with Crippen molar-refractivity contribution in [2.75, 3.05) is 28.4 Å². The molecule has 1 aliphatic heterocycles. The number of hydrogen-bond donors (Lipinski definition) is 0. The number of nitrogens with zero attached hydrogens (tertiary/aromatic N) is 1. The van der Waals surface area contributed by atoms with E-state index in [2.05, 4.69) is 0 Å². The Kier molecular flexibility index (Phi) is 6.97. The number of hydrogen-bond acceptors (Lipinski definition) is 6. The van der Waals surface area contributed by atoms with Crippen LogP contribution in [0, 0.1) is 0 Å². The Bertz CT molecular complexity index is 984. The second-order valence-electron chi connectivity index (χ2n) is 6.77. The molecule has 1 heterocycles. The van der Waals surface area contributed by atoms with Gasteiger partial charge >= 0.3 is 0 Å². The van der Waals surface area contributed by atoms with Crippen LogP contribution in [0.25, 0.3) is 6.08 Å². The van der Waals surface area contributed by atoms with Crippen molar-refractivity contribution in [1.29, 1.82) is 0 Å². The molecule has 2 aromatic rings. The Hall–Kier alpha value is -3.74. The lowest BCUT2D eigenvalue weighted by molar-refractivity contribution is -0.142. The number of benzene rings is 2. The lowest BCUT2D eigenvalue weighted by Gasteiger charge is -2.30. The summed E-state index contributed by atoms with van der Waals surface area (Å²) < 4.78 is 21.2. The van der Waals surface area contributed by atoms with Crippen molar-refractivity contribution in [2.45, 2.75) is 12.5 Å². The van der Waals surface area contributed by atoms with E-state index in [0.717, 1.165) is 5.56 Å². The minimum atomic E-state index is -0.413. The van der Waals surface area contributed by atoms with Crippen molar-refractivity contribution in [3.8, 4) is 23.0 Å². The molecule has 0 N–H and O–H groups in total. The summed E-state index contributed by atoms with van der Waals surface area (Å²) in [6.07, 6.45) is 6.73. The monoisotopic (exact) mass is 423 g/mol. The fourth-order valence-corrected chi connectivity index (χ4v) is 3.46. The Balaban J connectivity index is 1.88. The zero-order valence-corrected chi connectivity index (χ0v) is 18.0. The largest absolute Gasteiger partial charge is 0.497 e. The summed E-state index contributed by atoms with van der Waals surface area (Å²) in [7, 11) is 6.15. The Morgan fingerprint density at radius 2 is 1.61 bits per heavy atom. The molecular formula is C24H25NO6. The summed E-state index contributed by atoms with van der Waals surface area (Å²) in [5.74, 6) is 1.35. The lowest BCUT2D eigenvalue weighted by atomic mass is 9.98. The van der Waals surface area contributed by atoms with E-state index in [1.807, 2.05) is 24.3 Å². The van der Waals surface area contributed by atoms with E-state index >= 15 is 0 Å². The topological polar surface area (TPSA) is 74.3 Å². The van der Waals surface area contributed by atoms with E-state index in [9.17, 15) is 9.59 Å². The molecule has 0 aromatic heterocycles. The van der Waals surface area contributed by atoms with Gasteiger partial charge in [0.25, 0.3) is 11.8 Å². The van der Waals surface area contributed by atoms with Crippen LogP contribution in [0.1, 0.15) is 23.6 Å². The minimum absolute atomic E-state index is 0.355. The van der Waals surface area contributed by atoms with Gasteiger partial charge in [0.05, 0.1) is 34.5 Å². The maximum absolute atomic E-state index is 13.0. The second-order valence-corrected chi connectivity index (χ2v) is 6.77. The first-order valence-corrected chi connectivity index (χ1v) is 9.68. The van der Waals surface area contributed by atoms with E-state index in [4.69, 9.17) is 18.9 Å². The number of carbonyl (C=O) groups excluding carboxylic acids is 2. The summed E-state index contributed by atoms with van der Waals surface area (Å²) in [4.78, 5) is 26.8. The fourth-order valence-electron chi connectivity index (χ4n) is 3.46.